The van der Waals surface area contributed by atoms with Crippen molar-refractivity contribution in [1.82, 2.24) is 5.32 Å². The maximum Gasteiger partial charge on any atom is 0.412 e. The van der Waals surface area contributed by atoms with Crippen LogP contribution in [0.2, 0.25) is 0 Å². The number of alkyl carbamates (subject to hydrolysis) is 1. The topological polar surface area (TPSA) is 114 Å². The van der Waals surface area contributed by atoms with Gasteiger partial charge in [-0.3, -0.25) is 5.32 Å². The lowest BCUT2D eigenvalue weighted by Gasteiger charge is -2.20. The van der Waals surface area contributed by atoms with Gasteiger partial charge in [0.1, 0.15) is 12.2 Å². The van der Waals surface area contributed by atoms with Crippen molar-refractivity contribution in [3.8, 4) is 11.1 Å². The first-order valence-corrected chi connectivity index (χ1v) is 11.6. The van der Waals surface area contributed by atoms with E-state index >= 15 is 0 Å². The summed E-state index contributed by atoms with van der Waals surface area (Å²) in [5.74, 6) is -1.37. The Balaban J connectivity index is 1.40. The molecule has 1 aliphatic carbocycles. The summed E-state index contributed by atoms with van der Waals surface area (Å²) in [6, 6.07) is 20.7. The van der Waals surface area contributed by atoms with Crippen molar-refractivity contribution >= 4 is 23.8 Å². The highest BCUT2D eigenvalue weighted by atomic mass is 16.6. The zero-order valence-electron chi connectivity index (χ0n) is 20.3. The van der Waals surface area contributed by atoms with Crippen molar-refractivity contribution in [1.29, 1.82) is 0 Å². The van der Waals surface area contributed by atoms with Crippen LogP contribution in [0.25, 0.3) is 11.1 Å². The van der Waals surface area contributed by atoms with Crippen LogP contribution in [0.3, 0.4) is 0 Å². The molecule has 1 aliphatic rings. The fourth-order valence-corrected chi connectivity index (χ4v) is 4.23. The summed E-state index contributed by atoms with van der Waals surface area (Å²) < 4.78 is 10.7. The third-order valence-corrected chi connectivity index (χ3v) is 5.74. The Morgan fingerprint density at radius 2 is 1.42 bits per heavy atom. The second kappa shape index (κ2) is 10.1. The van der Waals surface area contributed by atoms with Crippen molar-refractivity contribution in [2.45, 2.75) is 38.3 Å². The van der Waals surface area contributed by atoms with Crippen LogP contribution in [0.4, 0.5) is 15.3 Å². The largest absolute Gasteiger partial charge is 0.479 e. The van der Waals surface area contributed by atoms with Crippen LogP contribution >= 0.6 is 0 Å². The highest BCUT2D eigenvalue weighted by Gasteiger charge is 2.30. The smallest absolute Gasteiger partial charge is 0.412 e. The number of carbonyl (C=O) groups is 3. The number of carbonyl (C=O) groups excluding carboxylic acids is 2. The van der Waals surface area contributed by atoms with Crippen LogP contribution in [0.5, 0.6) is 0 Å². The number of amides is 2. The van der Waals surface area contributed by atoms with Crippen LogP contribution in [0.15, 0.2) is 72.8 Å². The molecule has 1 atom stereocenters. The summed E-state index contributed by atoms with van der Waals surface area (Å²) in [6.45, 7) is 5.33. The Morgan fingerprint density at radius 1 is 0.861 bits per heavy atom. The van der Waals surface area contributed by atoms with Crippen molar-refractivity contribution in [2.24, 2.45) is 0 Å². The van der Waals surface area contributed by atoms with Crippen LogP contribution in [-0.4, -0.2) is 35.5 Å². The molecule has 4 rings (SSSR count). The highest BCUT2D eigenvalue weighted by molar-refractivity contribution is 5.85. The van der Waals surface area contributed by atoms with Gasteiger partial charge in [0, 0.05) is 11.6 Å². The SMILES string of the molecule is CC(C)(C)OC(=O)Nc1ccc(C(NC(=O)OCC2c3ccccc3-c3ccccc32)C(=O)O)cc1. The minimum absolute atomic E-state index is 0.0744. The quantitative estimate of drug-likeness (QED) is 0.410. The Kier molecular flexibility index (Phi) is 6.96. The number of hydrogen-bond acceptors (Lipinski definition) is 5. The molecule has 3 aromatic rings. The Hall–Kier alpha value is -4.33. The average molecular weight is 489 g/mol. The van der Waals surface area contributed by atoms with Crippen molar-refractivity contribution in [3.05, 3.63) is 89.5 Å². The lowest BCUT2D eigenvalue weighted by Crippen LogP contribution is -2.34. The van der Waals surface area contributed by atoms with E-state index in [1.807, 2.05) is 48.5 Å². The van der Waals surface area contributed by atoms with Crippen LogP contribution in [0, 0.1) is 0 Å². The first-order valence-electron chi connectivity index (χ1n) is 11.6. The molecule has 8 nitrogen and oxygen atoms in total. The highest BCUT2D eigenvalue weighted by Crippen LogP contribution is 2.44. The van der Waals surface area contributed by atoms with E-state index in [1.54, 1.807) is 20.8 Å². The van der Waals surface area contributed by atoms with Crippen LogP contribution < -0.4 is 10.6 Å². The maximum absolute atomic E-state index is 12.6. The Labute approximate surface area is 209 Å². The number of carboxylic acid groups (broad SMARTS) is 1. The fraction of sp³-hybridized carbons (Fsp3) is 0.250. The summed E-state index contributed by atoms with van der Waals surface area (Å²) in [5.41, 5.74) is 4.44. The molecule has 0 aliphatic heterocycles. The van der Waals surface area contributed by atoms with Gasteiger partial charge in [-0.15, -0.1) is 0 Å². The van der Waals surface area contributed by atoms with Gasteiger partial charge in [0.15, 0.2) is 6.04 Å². The second-order valence-electron chi connectivity index (χ2n) is 9.49. The zero-order valence-corrected chi connectivity index (χ0v) is 20.3. The van der Waals surface area contributed by atoms with E-state index in [2.05, 4.69) is 10.6 Å². The molecule has 3 N–H and O–H groups in total. The number of rotatable bonds is 6. The third-order valence-electron chi connectivity index (χ3n) is 5.74. The number of benzene rings is 3. The standard InChI is InChI=1S/C28H28N2O6/c1-28(2,3)36-27(34)29-18-14-12-17(13-15-18)24(25(31)32)30-26(33)35-16-23-21-10-6-4-8-19(21)20-9-5-7-11-22(20)23/h4-15,23-24H,16H2,1-3H3,(H,29,34)(H,30,33)(H,31,32). The molecule has 0 heterocycles. The van der Waals surface area contributed by atoms with E-state index in [0.29, 0.717) is 11.3 Å². The van der Waals surface area contributed by atoms with Gasteiger partial charge in [-0.05, 0) is 60.7 Å². The summed E-state index contributed by atoms with van der Waals surface area (Å²) in [5, 5.41) is 14.7. The third kappa shape index (κ3) is 5.66. The van der Waals surface area contributed by atoms with Crippen LogP contribution in [-0.2, 0) is 14.3 Å². The van der Waals surface area contributed by atoms with Gasteiger partial charge in [0.2, 0.25) is 0 Å². The van der Waals surface area contributed by atoms with E-state index in [0.717, 1.165) is 22.3 Å². The number of nitrogens with one attached hydrogen (secondary N) is 2. The molecule has 8 heteroatoms. The predicted molar refractivity (Wildman–Crippen MR) is 135 cm³/mol. The summed E-state index contributed by atoms with van der Waals surface area (Å²) >= 11 is 0. The van der Waals surface area contributed by atoms with Crippen molar-refractivity contribution in [2.75, 3.05) is 11.9 Å². The van der Waals surface area contributed by atoms with Gasteiger partial charge in [-0.1, -0.05) is 60.7 Å². The molecule has 0 saturated heterocycles. The predicted octanol–water partition coefficient (Wildman–Crippen LogP) is 5.70. The maximum atomic E-state index is 12.6. The average Bonchev–Trinajstić information content (AvgIpc) is 3.14. The lowest BCUT2D eigenvalue weighted by atomic mass is 9.98. The number of anilines is 1. The molecular formula is C28H28N2O6. The molecule has 3 aromatic carbocycles. The normalized spacial score (nSPS) is 13.2. The molecule has 0 spiro atoms. The molecule has 0 bridgehead atoms. The molecule has 0 aromatic heterocycles. The first kappa shape index (κ1) is 24.8. The molecule has 186 valence electrons. The number of fused-ring (bicyclic) bond motifs is 3. The van der Waals surface area contributed by atoms with E-state index < -0.39 is 29.8 Å². The number of ether oxygens (including phenoxy) is 2. The molecule has 0 saturated carbocycles. The molecule has 2 amide bonds. The number of carboxylic acids is 1. The van der Waals surface area contributed by atoms with E-state index in [1.165, 1.54) is 24.3 Å². The van der Waals surface area contributed by atoms with E-state index in [-0.39, 0.29) is 12.5 Å². The van der Waals surface area contributed by atoms with Gasteiger partial charge in [-0.25, -0.2) is 14.4 Å². The van der Waals surface area contributed by atoms with Gasteiger partial charge < -0.3 is 19.9 Å². The van der Waals surface area contributed by atoms with E-state index in [4.69, 9.17) is 9.47 Å². The number of hydrogen-bond donors (Lipinski definition) is 3. The van der Waals surface area contributed by atoms with Gasteiger partial charge in [0.05, 0.1) is 0 Å². The lowest BCUT2D eigenvalue weighted by molar-refractivity contribution is -0.139. The summed E-state index contributed by atoms with van der Waals surface area (Å²) in [6.07, 6.45) is -1.46. The molecule has 36 heavy (non-hydrogen) atoms. The van der Waals surface area contributed by atoms with Crippen LogP contribution in [0.1, 0.15) is 49.4 Å². The molecule has 1 unspecified atom stereocenters. The molecule has 0 fully saturated rings. The van der Waals surface area contributed by atoms with Gasteiger partial charge in [0.25, 0.3) is 0 Å². The minimum atomic E-state index is -1.32. The molecule has 0 radical (unpaired) electrons. The minimum Gasteiger partial charge on any atom is -0.479 e. The Morgan fingerprint density at radius 3 is 1.94 bits per heavy atom. The second-order valence-corrected chi connectivity index (χ2v) is 9.49. The zero-order chi connectivity index (χ0) is 25.9. The van der Waals surface area contributed by atoms with E-state index in [9.17, 15) is 19.5 Å². The van der Waals surface area contributed by atoms with Crippen molar-refractivity contribution in [3.63, 3.8) is 0 Å². The van der Waals surface area contributed by atoms with Gasteiger partial charge >= 0.3 is 18.2 Å². The monoisotopic (exact) mass is 488 g/mol. The summed E-state index contributed by atoms with van der Waals surface area (Å²) in [7, 11) is 0. The van der Waals surface area contributed by atoms with Crippen molar-refractivity contribution < 1.29 is 29.0 Å². The first-order chi connectivity index (χ1) is 17.1. The molecular weight excluding hydrogens is 460 g/mol. The number of aliphatic carboxylic acids is 1. The van der Waals surface area contributed by atoms with Gasteiger partial charge in [-0.2, -0.15) is 0 Å². The summed E-state index contributed by atoms with van der Waals surface area (Å²) in [4.78, 5) is 36.4. The fourth-order valence-electron chi connectivity index (χ4n) is 4.23. The Bertz CT molecular complexity index is 1230.